The Kier molecular flexibility index (Phi) is 3.72. The topological polar surface area (TPSA) is 35.5 Å². The van der Waals surface area contributed by atoms with Gasteiger partial charge in [0.2, 0.25) is 0 Å². The summed E-state index contributed by atoms with van der Waals surface area (Å²) in [7, 11) is 0. The molecule has 0 radical (unpaired) electrons. The monoisotopic (exact) mass is 312 g/mol. The molecule has 1 fully saturated rings. The Morgan fingerprint density at radius 2 is 1.78 bits per heavy atom. The minimum atomic E-state index is -0.707. The Balaban J connectivity index is 2.34. The highest BCUT2D eigenvalue weighted by atomic mass is 79.9. The normalized spacial score (nSPS) is 27.9. The molecule has 0 aliphatic carbocycles. The fourth-order valence-corrected chi connectivity index (χ4v) is 2.67. The third kappa shape index (κ3) is 3.05. The number of hydrogen-bond acceptors (Lipinski definition) is 3. The zero-order chi connectivity index (χ0) is 13.4. The van der Waals surface area contributed by atoms with Crippen molar-refractivity contribution in [2.45, 2.75) is 31.9 Å². The number of anilines is 1. The standard InChI is InChI=1S/C14H21BrN2O/c1-13(2)8-16-9-14(3,18)10-17(13)12-6-4-11(15)5-7-12/h4-7,16,18H,8-10H2,1-3H3. The lowest BCUT2D eigenvalue weighted by atomic mass is 10.00. The molecule has 1 saturated heterocycles. The van der Waals surface area contributed by atoms with Gasteiger partial charge in [-0.25, -0.2) is 0 Å². The van der Waals surface area contributed by atoms with E-state index in [1.807, 2.05) is 19.1 Å². The second-order valence-corrected chi connectivity index (χ2v) is 6.89. The summed E-state index contributed by atoms with van der Waals surface area (Å²) in [5, 5.41) is 13.7. The first-order chi connectivity index (χ1) is 8.30. The van der Waals surface area contributed by atoms with Crippen LogP contribution in [0, 0.1) is 0 Å². The lowest BCUT2D eigenvalue weighted by molar-refractivity contribution is 0.0720. The summed E-state index contributed by atoms with van der Waals surface area (Å²) in [6.07, 6.45) is 0. The maximum atomic E-state index is 10.4. The van der Waals surface area contributed by atoms with Crippen LogP contribution in [0.25, 0.3) is 0 Å². The Labute approximate surface area is 117 Å². The van der Waals surface area contributed by atoms with E-state index < -0.39 is 5.60 Å². The van der Waals surface area contributed by atoms with Crippen LogP contribution >= 0.6 is 15.9 Å². The van der Waals surface area contributed by atoms with Crippen LogP contribution in [0.3, 0.4) is 0 Å². The predicted octanol–water partition coefficient (Wildman–Crippen LogP) is 2.39. The second-order valence-electron chi connectivity index (χ2n) is 5.98. The van der Waals surface area contributed by atoms with Gasteiger partial charge in [-0.1, -0.05) is 15.9 Å². The van der Waals surface area contributed by atoms with Crippen molar-refractivity contribution < 1.29 is 5.11 Å². The quantitative estimate of drug-likeness (QED) is 0.836. The number of nitrogens with zero attached hydrogens (tertiary/aromatic N) is 1. The van der Waals surface area contributed by atoms with E-state index in [4.69, 9.17) is 0 Å². The van der Waals surface area contributed by atoms with Crippen molar-refractivity contribution in [3.63, 3.8) is 0 Å². The highest BCUT2D eigenvalue weighted by molar-refractivity contribution is 9.10. The van der Waals surface area contributed by atoms with E-state index in [0.717, 1.165) is 16.7 Å². The highest BCUT2D eigenvalue weighted by Crippen LogP contribution is 2.28. The van der Waals surface area contributed by atoms with E-state index in [1.165, 1.54) is 0 Å². The van der Waals surface area contributed by atoms with Crippen LogP contribution in [0.1, 0.15) is 20.8 Å². The molecule has 0 saturated carbocycles. The van der Waals surface area contributed by atoms with Gasteiger partial charge in [-0.2, -0.15) is 0 Å². The summed E-state index contributed by atoms with van der Waals surface area (Å²) in [6, 6.07) is 8.26. The zero-order valence-corrected chi connectivity index (χ0v) is 12.8. The molecule has 0 bridgehead atoms. The lowest BCUT2D eigenvalue weighted by Crippen LogP contribution is -2.51. The molecule has 0 amide bonds. The Morgan fingerprint density at radius 3 is 2.39 bits per heavy atom. The first-order valence-corrected chi connectivity index (χ1v) is 7.06. The molecule has 1 aliphatic heterocycles. The van der Waals surface area contributed by atoms with E-state index >= 15 is 0 Å². The average Bonchev–Trinajstić information content (AvgIpc) is 2.36. The first-order valence-electron chi connectivity index (χ1n) is 6.27. The smallest absolute Gasteiger partial charge is 0.0917 e. The Morgan fingerprint density at radius 1 is 1.17 bits per heavy atom. The molecular weight excluding hydrogens is 292 g/mol. The van der Waals surface area contributed by atoms with Crippen molar-refractivity contribution >= 4 is 21.6 Å². The van der Waals surface area contributed by atoms with Crippen LogP contribution in [-0.4, -0.2) is 35.9 Å². The number of hydrogen-bond donors (Lipinski definition) is 2. The van der Waals surface area contributed by atoms with Crippen molar-refractivity contribution in [3.05, 3.63) is 28.7 Å². The maximum Gasteiger partial charge on any atom is 0.0917 e. The van der Waals surface area contributed by atoms with Crippen molar-refractivity contribution in [2.75, 3.05) is 24.5 Å². The minimum Gasteiger partial charge on any atom is -0.387 e. The van der Waals surface area contributed by atoms with Crippen molar-refractivity contribution in [1.29, 1.82) is 0 Å². The summed E-state index contributed by atoms with van der Waals surface area (Å²) >= 11 is 3.46. The van der Waals surface area contributed by atoms with E-state index in [-0.39, 0.29) is 5.54 Å². The number of halogens is 1. The van der Waals surface area contributed by atoms with Crippen LogP contribution in [0.5, 0.6) is 0 Å². The van der Waals surface area contributed by atoms with Crippen LogP contribution < -0.4 is 10.2 Å². The fraction of sp³-hybridized carbons (Fsp3) is 0.571. The molecule has 1 aromatic rings. The van der Waals surface area contributed by atoms with Crippen molar-refractivity contribution in [1.82, 2.24) is 5.32 Å². The second kappa shape index (κ2) is 4.83. The summed E-state index contributed by atoms with van der Waals surface area (Å²) in [4.78, 5) is 2.28. The molecular formula is C14H21BrN2O. The predicted molar refractivity (Wildman–Crippen MR) is 79.1 cm³/mol. The lowest BCUT2D eigenvalue weighted by Gasteiger charge is -2.40. The van der Waals surface area contributed by atoms with Gasteiger partial charge in [-0.05, 0) is 45.0 Å². The van der Waals surface area contributed by atoms with Gasteiger partial charge in [0.25, 0.3) is 0 Å². The zero-order valence-electron chi connectivity index (χ0n) is 11.2. The number of nitrogens with one attached hydrogen (secondary N) is 1. The van der Waals surface area contributed by atoms with Crippen molar-refractivity contribution in [3.8, 4) is 0 Å². The van der Waals surface area contributed by atoms with Crippen molar-refractivity contribution in [2.24, 2.45) is 0 Å². The first kappa shape index (κ1) is 13.8. The molecule has 1 heterocycles. The molecule has 1 aliphatic rings. The summed E-state index contributed by atoms with van der Waals surface area (Å²) in [5.74, 6) is 0. The van der Waals surface area contributed by atoms with Gasteiger partial charge in [-0.3, -0.25) is 0 Å². The number of β-amino-alcohol motifs (C(OH)–C–C–N with tert-alkyl or cyclic N) is 1. The van der Waals surface area contributed by atoms with Gasteiger partial charge in [0, 0.05) is 35.3 Å². The highest BCUT2D eigenvalue weighted by Gasteiger charge is 2.36. The average molecular weight is 313 g/mol. The molecule has 3 nitrogen and oxygen atoms in total. The maximum absolute atomic E-state index is 10.4. The summed E-state index contributed by atoms with van der Waals surface area (Å²) in [5.41, 5.74) is 0.419. The Bertz CT molecular complexity index is 414. The van der Waals surface area contributed by atoms with Gasteiger partial charge >= 0.3 is 0 Å². The van der Waals surface area contributed by atoms with Crippen LogP contribution in [0.15, 0.2) is 28.7 Å². The van der Waals surface area contributed by atoms with Crippen LogP contribution in [0.2, 0.25) is 0 Å². The van der Waals surface area contributed by atoms with Crippen LogP contribution in [0.4, 0.5) is 5.69 Å². The van der Waals surface area contributed by atoms with E-state index in [2.05, 4.69) is 52.1 Å². The molecule has 18 heavy (non-hydrogen) atoms. The van der Waals surface area contributed by atoms with Gasteiger partial charge < -0.3 is 15.3 Å². The number of benzene rings is 1. The fourth-order valence-electron chi connectivity index (χ4n) is 2.41. The van der Waals surface area contributed by atoms with Crippen LogP contribution in [-0.2, 0) is 0 Å². The molecule has 0 spiro atoms. The summed E-state index contributed by atoms with van der Waals surface area (Å²) < 4.78 is 1.07. The molecule has 2 rings (SSSR count). The SMILES string of the molecule is CC1(O)CNCC(C)(C)N(c2ccc(Br)cc2)C1. The molecule has 1 atom stereocenters. The molecule has 0 aromatic heterocycles. The molecule has 1 aromatic carbocycles. The third-order valence-electron chi connectivity index (χ3n) is 3.43. The van der Waals surface area contributed by atoms with Gasteiger partial charge in [0.1, 0.15) is 0 Å². The molecule has 2 N–H and O–H groups in total. The van der Waals surface area contributed by atoms with Gasteiger partial charge in [0.15, 0.2) is 0 Å². The van der Waals surface area contributed by atoms with Gasteiger partial charge in [-0.15, -0.1) is 0 Å². The molecule has 100 valence electrons. The minimum absolute atomic E-state index is 0.0195. The largest absolute Gasteiger partial charge is 0.387 e. The van der Waals surface area contributed by atoms with E-state index in [9.17, 15) is 5.11 Å². The Hall–Kier alpha value is -0.580. The van der Waals surface area contributed by atoms with Gasteiger partial charge in [0.05, 0.1) is 5.60 Å². The third-order valence-corrected chi connectivity index (χ3v) is 3.96. The van der Waals surface area contributed by atoms with E-state index in [0.29, 0.717) is 13.1 Å². The number of aliphatic hydroxyl groups is 1. The number of rotatable bonds is 1. The summed E-state index contributed by atoms with van der Waals surface area (Å²) in [6.45, 7) is 8.40. The van der Waals surface area contributed by atoms with E-state index in [1.54, 1.807) is 0 Å². The molecule has 4 heteroatoms. The molecule has 1 unspecified atom stereocenters.